The molecule has 0 fully saturated rings. The van der Waals surface area contributed by atoms with Gasteiger partial charge in [0.15, 0.2) is 5.82 Å². The summed E-state index contributed by atoms with van der Waals surface area (Å²) >= 11 is 1.55. The average molecular weight is 235 g/mol. The molecule has 0 spiro atoms. The van der Waals surface area contributed by atoms with Crippen LogP contribution in [0.4, 0.5) is 0 Å². The summed E-state index contributed by atoms with van der Waals surface area (Å²) < 4.78 is 0. The Hall–Kier alpha value is -1.49. The first-order valence-electron chi connectivity index (χ1n) is 5.14. The maximum atomic E-state index is 11.7. The molecule has 2 heterocycles. The highest BCUT2D eigenvalue weighted by atomic mass is 32.1. The molecule has 0 aliphatic rings. The second kappa shape index (κ2) is 4.17. The van der Waals surface area contributed by atoms with Gasteiger partial charge < -0.3 is 4.98 Å². The van der Waals surface area contributed by atoms with Crippen molar-refractivity contribution in [3.63, 3.8) is 0 Å². The smallest absolute Gasteiger partial charge is 0.254 e. The zero-order chi connectivity index (χ0) is 11.7. The Bertz CT molecular complexity index is 571. The van der Waals surface area contributed by atoms with Crippen LogP contribution in [0.3, 0.4) is 0 Å². The first kappa shape index (κ1) is 11.0. The molecule has 1 N–H and O–H groups in total. The highest BCUT2D eigenvalue weighted by Crippen LogP contribution is 2.17. The van der Waals surface area contributed by atoms with Crippen molar-refractivity contribution in [3.05, 3.63) is 32.0 Å². The Balaban J connectivity index is 2.59. The van der Waals surface area contributed by atoms with E-state index in [1.807, 2.05) is 19.2 Å². The fourth-order valence-electron chi connectivity index (χ4n) is 1.52. The van der Waals surface area contributed by atoms with E-state index in [0.29, 0.717) is 11.4 Å². The molecular formula is C11H13N3OS. The molecule has 4 nitrogen and oxygen atoms in total. The van der Waals surface area contributed by atoms with E-state index in [2.05, 4.69) is 15.0 Å². The maximum Gasteiger partial charge on any atom is 0.254 e. The standard InChI is InChI=1S/C11H13N3OS/c1-4-8-6(2)11(15)14-10(13-8)9-5-16-7(3)12-9/h5H,4H2,1-3H3,(H,13,14,15). The third kappa shape index (κ3) is 1.90. The lowest BCUT2D eigenvalue weighted by molar-refractivity contribution is 0.950. The summed E-state index contributed by atoms with van der Waals surface area (Å²) in [5.74, 6) is 0.566. The zero-order valence-corrected chi connectivity index (χ0v) is 10.3. The van der Waals surface area contributed by atoms with E-state index >= 15 is 0 Å². The average Bonchev–Trinajstić information content (AvgIpc) is 2.69. The minimum atomic E-state index is -0.0764. The second-order valence-corrected chi connectivity index (χ2v) is 4.65. The van der Waals surface area contributed by atoms with E-state index in [-0.39, 0.29) is 5.56 Å². The van der Waals surface area contributed by atoms with E-state index in [1.54, 1.807) is 18.3 Å². The number of hydrogen-bond acceptors (Lipinski definition) is 4. The Morgan fingerprint density at radius 2 is 2.12 bits per heavy atom. The molecule has 0 aliphatic carbocycles. The third-order valence-electron chi connectivity index (χ3n) is 2.45. The van der Waals surface area contributed by atoms with Gasteiger partial charge in [-0.3, -0.25) is 4.79 Å². The molecule has 84 valence electrons. The molecule has 0 atom stereocenters. The van der Waals surface area contributed by atoms with Crippen LogP contribution in [-0.2, 0) is 6.42 Å². The second-order valence-electron chi connectivity index (χ2n) is 3.59. The molecule has 0 aromatic carbocycles. The lowest BCUT2D eigenvalue weighted by atomic mass is 10.2. The molecule has 2 aromatic heterocycles. The summed E-state index contributed by atoms with van der Waals surface area (Å²) in [5.41, 5.74) is 2.20. The van der Waals surface area contributed by atoms with E-state index in [9.17, 15) is 4.79 Å². The number of aryl methyl sites for hydroxylation is 2. The van der Waals surface area contributed by atoms with Crippen molar-refractivity contribution in [2.24, 2.45) is 0 Å². The van der Waals surface area contributed by atoms with Gasteiger partial charge >= 0.3 is 0 Å². The first-order valence-corrected chi connectivity index (χ1v) is 6.02. The summed E-state index contributed by atoms with van der Waals surface area (Å²) in [7, 11) is 0. The number of H-pyrrole nitrogens is 1. The van der Waals surface area contributed by atoms with Crippen LogP contribution in [0.25, 0.3) is 11.5 Å². The SMILES string of the molecule is CCc1nc(-c2csc(C)n2)[nH]c(=O)c1C. The minimum Gasteiger partial charge on any atom is -0.305 e. The van der Waals surface area contributed by atoms with Crippen molar-refractivity contribution in [1.29, 1.82) is 0 Å². The van der Waals surface area contributed by atoms with Gasteiger partial charge in [0.25, 0.3) is 5.56 Å². The molecule has 0 aliphatic heterocycles. The highest BCUT2D eigenvalue weighted by Gasteiger charge is 2.09. The van der Waals surface area contributed by atoms with Crippen molar-refractivity contribution in [1.82, 2.24) is 15.0 Å². The fourth-order valence-corrected chi connectivity index (χ4v) is 2.11. The lowest BCUT2D eigenvalue weighted by Gasteiger charge is -2.03. The summed E-state index contributed by atoms with van der Waals surface area (Å²) in [6.07, 6.45) is 0.756. The molecule has 0 radical (unpaired) electrons. The van der Waals surface area contributed by atoms with Crippen LogP contribution < -0.4 is 5.56 Å². The van der Waals surface area contributed by atoms with E-state index in [1.165, 1.54) is 0 Å². The van der Waals surface area contributed by atoms with Crippen LogP contribution in [-0.4, -0.2) is 15.0 Å². The van der Waals surface area contributed by atoms with Gasteiger partial charge in [-0.25, -0.2) is 9.97 Å². The van der Waals surface area contributed by atoms with Crippen LogP contribution in [0.1, 0.15) is 23.2 Å². The van der Waals surface area contributed by atoms with Gasteiger partial charge in [-0.15, -0.1) is 11.3 Å². The number of thiazole rings is 1. The summed E-state index contributed by atoms with van der Waals surface area (Å²) in [5, 5.41) is 2.87. The topological polar surface area (TPSA) is 58.6 Å². The van der Waals surface area contributed by atoms with Crippen molar-refractivity contribution in [3.8, 4) is 11.5 Å². The molecule has 0 unspecified atom stereocenters. The number of aromatic amines is 1. The normalized spacial score (nSPS) is 10.7. The number of nitrogens with one attached hydrogen (secondary N) is 1. The number of nitrogens with zero attached hydrogens (tertiary/aromatic N) is 2. The zero-order valence-electron chi connectivity index (χ0n) is 9.50. The molecule has 16 heavy (non-hydrogen) atoms. The highest BCUT2D eigenvalue weighted by molar-refractivity contribution is 7.09. The van der Waals surface area contributed by atoms with Gasteiger partial charge in [0.05, 0.1) is 10.7 Å². The number of hydrogen-bond donors (Lipinski definition) is 1. The predicted octanol–water partition coefficient (Wildman–Crippen LogP) is 2.07. The van der Waals surface area contributed by atoms with E-state index in [4.69, 9.17) is 0 Å². The van der Waals surface area contributed by atoms with Gasteiger partial charge in [0.2, 0.25) is 0 Å². The number of rotatable bonds is 2. The Morgan fingerprint density at radius 1 is 1.38 bits per heavy atom. The molecule has 0 saturated heterocycles. The van der Waals surface area contributed by atoms with Gasteiger partial charge in [0.1, 0.15) is 5.69 Å². The van der Waals surface area contributed by atoms with E-state index in [0.717, 1.165) is 22.8 Å². The summed E-state index contributed by atoms with van der Waals surface area (Å²) in [6, 6.07) is 0. The van der Waals surface area contributed by atoms with Crippen LogP contribution in [0.15, 0.2) is 10.2 Å². The summed E-state index contributed by atoms with van der Waals surface area (Å²) in [6.45, 7) is 5.72. The first-order chi connectivity index (χ1) is 7.61. The van der Waals surface area contributed by atoms with Gasteiger partial charge in [-0.1, -0.05) is 6.92 Å². The van der Waals surface area contributed by atoms with Crippen LogP contribution >= 0.6 is 11.3 Å². The fraction of sp³-hybridized carbons (Fsp3) is 0.364. The molecule has 2 aromatic rings. The molecule has 0 bridgehead atoms. The van der Waals surface area contributed by atoms with Crippen molar-refractivity contribution in [2.75, 3.05) is 0 Å². The molecule has 0 amide bonds. The van der Waals surface area contributed by atoms with Gasteiger partial charge in [0, 0.05) is 10.9 Å². The van der Waals surface area contributed by atoms with Crippen LogP contribution in [0, 0.1) is 13.8 Å². The Kier molecular flexibility index (Phi) is 2.87. The molecule has 2 rings (SSSR count). The van der Waals surface area contributed by atoms with Crippen LogP contribution in [0.2, 0.25) is 0 Å². The molecule has 5 heteroatoms. The quantitative estimate of drug-likeness (QED) is 0.867. The Morgan fingerprint density at radius 3 is 2.69 bits per heavy atom. The summed E-state index contributed by atoms with van der Waals surface area (Å²) in [4.78, 5) is 23.2. The van der Waals surface area contributed by atoms with Crippen molar-refractivity contribution >= 4 is 11.3 Å². The van der Waals surface area contributed by atoms with Crippen LogP contribution in [0.5, 0.6) is 0 Å². The maximum absolute atomic E-state index is 11.7. The minimum absolute atomic E-state index is 0.0764. The van der Waals surface area contributed by atoms with Crippen molar-refractivity contribution < 1.29 is 0 Å². The molecule has 0 saturated carbocycles. The Labute approximate surface area is 97.4 Å². The van der Waals surface area contributed by atoms with Gasteiger partial charge in [-0.05, 0) is 20.3 Å². The van der Waals surface area contributed by atoms with E-state index < -0.39 is 0 Å². The number of aromatic nitrogens is 3. The third-order valence-corrected chi connectivity index (χ3v) is 3.22. The largest absolute Gasteiger partial charge is 0.305 e. The van der Waals surface area contributed by atoms with Gasteiger partial charge in [-0.2, -0.15) is 0 Å². The molecular weight excluding hydrogens is 222 g/mol. The van der Waals surface area contributed by atoms with Crippen molar-refractivity contribution in [2.45, 2.75) is 27.2 Å². The lowest BCUT2D eigenvalue weighted by Crippen LogP contribution is -2.15. The predicted molar refractivity (Wildman–Crippen MR) is 64.8 cm³/mol. The monoisotopic (exact) mass is 235 g/mol.